The van der Waals surface area contributed by atoms with E-state index in [1.165, 1.54) is 17.7 Å². The van der Waals surface area contributed by atoms with Crippen LogP contribution in [0, 0.1) is 0 Å². The fraction of sp³-hybridized carbons (Fsp3) is 0.100. The number of fused-ring (bicyclic) bond motifs is 1. The van der Waals surface area contributed by atoms with Crippen molar-refractivity contribution in [1.29, 1.82) is 0 Å². The van der Waals surface area contributed by atoms with Gasteiger partial charge in [-0.15, -0.1) is 10.2 Å². The quantitative estimate of drug-likeness (QED) is 0.745. The van der Waals surface area contributed by atoms with Crippen molar-refractivity contribution >= 4 is 16.3 Å². The molecule has 86 valence electrons. The number of nitrogens with zero attached hydrogens (tertiary/aromatic N) is 4. The second-order valence-corrected chi connectivity index (χ2v) is 4.30. The first-order valence-electron chi connectivity index (χ1n) is 4.82. The summed E-state index contributed by atoms with van der Waals surface area (Å²) in [5.41, 5.74) is 0.625. The van der Waals surface area contributed by atoms with Crippen LogP contribution >= 0.6 is 11.3 Å². The Bertz CT molecular complexity index is 647. The molecule has 7 heteroatoms. The number of ether oxygens (including phenoxy) is 1. The Labute approximate surface area is 100 Å². The zero-order chi connectivity index (χ0) is 11.8. The molecule has 0 unspecified atom stereocenters. The predicted octanol–water partition coefficient (Wildman–Crippen LogP) is 1.57. The Hall–Kier alpha value is -2.15. The van der Waals surface area contributed by atoms with Gasteiger partial charge in [-0.1, -0.05) is 11.3 Å². The molecule has 0 saturated carbocycles. The summed E-state index contributed by atoms with van der Waals surface area (Å²) >= 11 is 1.35. The summed E-state index contributed by atoms with van der Waals surface area (Å²) in [5.74, 6) is 0.833. The molecular weight excluding hydrogens is 240 g/mol. The van der Waals surface area contributed by atoms with Gasteiger partial charge in [0.15, 0.2) is 5.01 Å². The molecule has 17 heavy (non-hydrogen) atoms. The fourth-order valence-corrected chi connectivity index (χ4v) is 2.33. The van der Waals surface area contributed by atoms with E-state index < -0.39 is 0 Å². The summed E-state index contributed by atoms with van der Waals surface area (Å²) in [7, 11) is 1.58. The van der Waals surface area contributed by atoms with Crippen molar-refractivity contribution in [3.05, 3.63) is 24.5 Å². The number of rotatable bonds is 2. The van der Waals surface area contributed by atoms with Crippen LogP contribution in [0.2, 0.25) is 0 Å². The molecular formula is C10H8N4O2S. The van der Waals surface area contributed by atoms with Gasteiger partial charge in [-0.3, -0.25) is 0 Å². The summed E-state index contributed by atoms with van der Waals surface area (Å²) < 4.78 is 6.69. The van der Waals surface area contributed by atoms with Crippen LogP contribution < -0.4 is 4.74 Å². The summed E-state index contributed by atoms with van der Waals surface area (Å²) in [4.78, 5) is 0.683. The molecule has 0 aliphatic rings. The number of methoxy groups -OCH3 is 1. The van der Waals surface area contributed by atoms with Gasteiger partial charge in [0.1, 0.15) is 17.8 Å². The Morgan fingerprint density at radius 2 is 2.29 bits per heavy atom. The molecule has 3 aromatic rings. The standard InChI is InChI=1S/C10H8N4O2S/c1-16-6-2-3-8(15)7(4-6)9-13-14-5-11-12-10(14)17-9/h2-5,15H,1H3. The maximum Gasteiger partial charge on any atom is 0.234 e. The molecule has 0 aliphatic carbocycles. The van der Waals surface area contributed by atoms with Crippen LogP contribution in [0.5, 0.6) is 11.5 Å². The van der Waals surface area contributed by atoms with E-state index in [-0.39, 0.29) is 5.75 Å². The van der Waals surface area contributed by atoms with E-state index in [0.29, 0.717) is 21.3 Å². The Morgan fingerprint density at radius 1 is 1.41 bits per heavy atom. The van der Waals surface area contributed by atoms with E-state index in [9.17, 15) is 5.11 Å². The second-order valence-electron chi connectivity index (χ2n) is 3.35. The first-order chi connectivity index (χ1) is 8.28. The number of hydrogen-bond acceptors (Lipinski definition) is 6. The van der Waals surface area contributed by atoms with Gasteiger partial charge in [-0.2, -0.15) is 9.61 Å². The lowest BCUT2D eigenvalue weighted by molar-refractivity contribution is 0.412. The molecule has 2 heterocycles. The smallest absolute Gasteiger partial charge is 0.234 e. The van der Waals surface area contributed by atoms with Gasteiger partial charge in [0.25, 0.3) is 0 Å². The number of aromatic hydroxyl groups is 1. The van der Waals surface area contributed by atoms with E-state index in [0.717, 1.165) is 0 Å². The topological polar surface area (TPSA) is 72.5 Å². The van der Waals surface area contributed by atoms with Crippen molar-refractivity contribution in [2.24, 2.45) is 0 Å². The lowest BCUT2D eigenvalue weighted by Gasteiger charge is -2.03. The predicted molar refractivity (Wildman–Crippen MR) is 62.3 cm³/mol. The zero-order valence-electron chi connectivity index (χ0n) is 8.86. The molecule has 0 spiro atoms. The summed E-state index contributed by atoms with van der Waals surface area (Å²) in [6.07, 6.45) is 1.52. The summed E-state index contributed by atoms with van der Waals surface area (Å²) in [6, 6.07) is 5.01. The lowest BCUT2D eigenvalue weighted by Crippen LogP contribution is -1.86. The third kappa shape index (κ3) is 1.60. The number of phenols is 1. The molecule has 1 aromatic carbocycles. The van der Waals surface area contributed by atoms with E-state index >= 15 is 0 Å². The Kier molecular flexibility index (Phi) is 2.19. The minimum Gasteiger partial charge on any atom is -0.507 e. The molecule has 6 nitrogen and oxygen atoms in total. The van der Waals surface area contributed by atoms with Crippen LogP contribution in [0.25, 0.3) is 15.5 Å². The van der Waals surface area contributed by atoms with Gasteiger partial charge in [-0.05, 0) is 18.2 Å². The minimum absolute atomic E-state index is 0.163. The molecule has 2 aromatic heterocycles. The highest BCUT2D eigenvalue weighted by molar-refractivity contribution is 7.19. The third-order valence-corrected chi connectivity index (χ3v) is 3.27. The first-order valence-corrected chi connectivity index (χ1v) is 5.64. The van der Waals surface area contributed by atoms with Crippen LogP contribution in [0.15, 0.2) is 24.5 Å². The monoisotopic (exact) mass is 248 g/mol. The highest BCUT2D eigenvalue weighted by atomic mass is 32.1. The number of aromatic nitrogens is 4. The molecule has 0 atom stereocenters. The normalized spacial score (nSPS) is 10.9. The van der Waals surface area contributed by atoms with Gasteiger partial charge >= 0.3 is 0 Å². The summed E-state index contributed by atoms with van der Waals surface area (Å²) in [5, 5.41) is 22.4. The molecule has 0 bridgehead atoms. The van der Waals surface area contributed by atoms with Crippen molar-refractivity contribution in [3.63, 3.8) is 0 Å². The van der Waals surface area contributed by atoms with E-state index in [2.05, 4.69) is 15.3 Å². The second kappa shape index (κ2) is 3.70. The van der Waals surface area contributed by atoms with Gasteiger partial charge in [0, 0.05) is 0 Å². The minimum atomic E-state index is 0.163. The van der Waals surface area contributed by atoms with Gasteiger partial charge in [-0.25, -0.2) is 0 Å². The van der Waals surface area contributed by atoms with Gasteiger partial charge in [0.2, 0.25) is 4.96 Å². The summed E-state index contributed by atoms with van der Waals surface area (Å²) in [6.45, 7) is 0. The molecule has 1 N–H and O–H groups in total. The van der Waals surface area contributed by atoms with Gasteiger partial charge < -0.3 is 9.84 Å². The van der Waals surface area contributed by atoms with Crippen molar-refractivity contribution in [1.82, 2.24) is 19.8 Å². The highest BCUT2D eigenvalue weighted by Gasteiger charge is 2.12. The average Bonchev–Trinajstić information content (AvgIpc) is 2.90. The fourth-order valence-electron chi connectivity index (χ4n) is 1.48. The molecule has 0 aliphatic heterocycles. The van der Waals surface area contributed by atoms with Crippen LogP contribution in [0.1, 0.15) is 0 Å². The molecule has 0 fully saturated rings. The van der Waals surface area contributed by atoms with Crippen LogP contribution in [-0.2, 0) is 0 Å². The maximum atomic E-state index is 9.81. The number of phenolic OH excluding ortho intramolecular Hbond substituents is 1. The number of benzene rings is 1. The first kappa shape index (κ1) is 10.0. The van der Waals surface area contributed by atoms with Crippen LogP contribution in [0.4, 0.5) is 0 Å². The third-order valence-electron chi connectivity index (χ3n) is 2.32. The van der Waals surface area contributed by atoms with Crippen molar-refractivity contribution in [2.75, 3.05) is 7.11 Å². The maximum absolute atomic E-state index is 9.81. The Balaban J connectivity index is 2.17. The van der Waals surface area contributed by atoms with Crippen molar-refractivity contribution in [3.8, 4) is 22.1 Å². The number of hydrogen-bond donors (Lipinski definition) is 1. The van der Waals surface area contributed by atoms with Crippen molar-refractivity contribution < 1.29 is 9.84 Å². The van der Waals surface area contributed by atoms with E-state index in [1.807, 2.05) is 0 Å². The Morgan fingerprint density at radius 3 is 3.06 bits per heavy atom. The van der Waals surface area contributed by atoms with Crippen molar-refractivity contribution in [2.45, 2.75) is 0 Å². The molecule has 0 amide bonds. The highest BCUT2D eigenvalue weighted by Crippen LogP contribution is 2.34. The largest absolute Gasteiger partial charge is 0.507 e. The zero-order valence-corrected chi connectivity index (χ0v) is 9.68. The average molecular weight is 248 g/mol. The van der Waals surface area contributed by atoms with Crippen LogP contribution in [-0.4, -0.2) is 32.0 Å². The molecule has 3 rings (SSSR count). The van der Waals surface area contributed by atoms with E-state index in [1.54, 1.807) is 29.8 Å². The lowest BCUT2D eigenvalue weighted by atomic mass is 10.2. The molecule has 0 saturated heterocycles. The van der Waals surface area contributed by atoms with Crippen LogP contribution in [0.3, 0.4) is 0 Å². The SMILES string of the molecule is COc1ccc(O)c(-c2nn3cnnc3s2)c1. The van der Waals surface area contributed by atoms with Gasteiger partial charge in [0.05, 0.1) is 12.7 Å². The van der Waals surface area contributed by atoms with E-state index in [4.69, 9.17) is 4.74 Å². The molecule has 0 radical (unpaired) electrons.